The average Bonchev–Trinajstić information content (AvgIpc) is 2.70. The van der Waals surface area contributed by atoms with E-state index in [2.05, 4.69) is 5.32 Å². The predicted molar refractivity (Wildman–Crippen MR) is 107 cm³/mol. The summed E-state index contributed by atoms with van der Waals surface area (Å²) in [5.41, 5.74) is 0.611. The number of sulfonamides is 1. The monoisotopic (exact) mass is 422 g/mol. The molecule has 1 amide bonds. The maximum Gasteiger partial charge on any atom is 0.279 e. The van der Waals surface area contributed by atoms with Gasteiger partial charge in [0.25, 0.3) is 5.91 Å². The lowest BCUT2D eigenvalue weighted by molar-refractivity contribution is -0.895. The Kier molecular flexibility index (Phi) is 6.83. The first kappa shape index (κ1) is 21.2. The summed E-state index contributed by atoms with van der Waals surface area (Å²) in [5, 5.41) is 2.85. The summed E-state index contributed by atoms with van der Waals surface area (Å²) in [7, 11) is -3.88. The van der Waals surface area contributed by atoms with E-state index in [9.17, 15) is 17.6 Å². The molecule has 0 bridgehead atoms. The first-order valence-electron chi connectivity index (χ1n) is 9.51. The third-order valence-corrected chi connectivity index (χ3v) is 6.69. The van der Waals surface area contributed by atoms with Crippen molar-refractivity contribution in [2.45, 2.75) is 11.8 Å². The summed E-state index contributed by atoms with van der Waals surface area (Å²) >= 11 is 0. The number of amides is 1. The Morgan fingerprint density at radius 2 is 1.79 bits per heavy atom. The molecule has 0 aliphatic carbocycles. The van der Waals surface area contributed by atoms with E-state index in [1.165, 1.54) is 22.5 Å². The first-order chi connectivity index (χ1) is 13.9. The number of nitrogens with one attached hydrogen (secondary N) is 2. The molecule has 3 rings (SSSR count). The molecule has 0 spiro atoms. The van der Waals surface area contributed by atoms with E-state index < -0.39 is 15.8 Å². The fourth-order valence-corrected chi connectivity index (χ4v) is 4.79. The third-order valence-electron chi connectivity index (χ3n) is 4.76. The molecule has 29 heavy (non-hydrogen) atoms. The lowest BCUT2D eigenvalue weighted by Crippen LogP contribution is -3.15. The van der Waals surface area contributed by atoms with Crippen molar-refractivity contribution in [3.63, 3.8) is 0 Å². The zero-order chi connectivity index (χ0) is 20.9. The molecule has 2 N–H and O–H groups in total. The number of carbonyl (C=O) groups is 1. The van der Waals surface area contributed by atoms with Crippen LogP contribution in [0.25, 0.3) is 0 Å². The SMILES string of the molecule is CCOc1ccccc1NC(=O)C[NH+]1CCN(S(=O)(=O)c2ccccc2F)CC1. The molecule has 0 radical (unpaired) electrons. The average molecular weight is 423 g/mol. The standard InChI is InChI=1S/C20H24FN3O4S/c1-2-28-18-9-5-4-8-17(18)22-20(25)15-23-11-13-24(14-12-23)29(26,27)19-10-6-3-7-16(19)21/h3-10H,2,11-15H2,1H3,(H,22,25)/p+1. The number of ether oxygens (including phenoxy) is 1. The lowest BCUT2D eigenvalue weighted by atomic mass is 10.3. The zero-order valence-corrected chi connectivity index (χ0v) is 17.0. The van der Waals surface area contributed by atoms with E-state index in [1.54, 1.807) is 12.1 Å². The van der Waals surface area contributed by atoms with E-state index in [4.69, 9.17) is 4.74 Å². The van der Waals surface area contributed by atoms with Crippen molar-refractivity contribution in [3.8, 4) is 5.75 Å². The van der Waals surface area contributed by atoms with Crippen LogP contribution in [0.3, 0.4) is 0 Å². The van der Waals surface area contributed by atoms with E-state index in [1.807, 2.05) is 19.1 Å². The molecule has 0 aromatic heterocycles. The van der Waals surface area contributed by atoms with Crippen molar-refractivity contribution in [1.29, 1.82) is 0 Å². The number of hydrogen-bond acceptors (Lipinski definition) is 4. The van der Waals surface area contributed by atoms with Gasteiger partial charge in [0.05, 0.1) is 38.5 Å². The van der Waals surface area contributed by atoms with Gasteiger partial charge in [-0.25, -0.2) is 12.8 Å². The fraction of sp³-hybridized carbons (Fsp3) is 0.350. The third kappa shape index (κ3) is 5.11. The van der Waals surface area contributed by atoms with E-state index in [0.717, 1.165) is 11.0 Å². The number of para-hydroxylation sites is 2. The predicted octanol–water partition coefficient (Wildman–Crippen LogP) is 0.752. The van der Waals surface area contributed by atoms with Gasteiger partial charge in [-0.05, 0) is 31.2 Å². The van der Waals surface area contributed by atoms with Crippen LogP contribution in [0.15, 0.2) is 53.4 Å². The highest BCUT2D eigenvalue weighted by molar-refractivity contribution is 7.89. The largest absolute Gasteiger partial charge is 0.492 e. The molecule has 1 aliphatic heterocycles. The van der Waals surface area contributed by atoms with Crippen molar-refractivity contribution in [3.05, 3.63) is 54.3 Å². The van der Waals surface area contributed by atoms with Crippen molar-refractivity contribution < 1.29 is 27.2 Å². The second-order valence-electron chi connectivity index (χ2n) is 6.74. The van der Waals surface area contributed by atoms with Crippen molar-refractivity contribution in [2.75, 3.05) is 44.6 Å². The smallest absolute Gasteiger partial charge is 0.279 e. The Labute approximate surface area is 170 Å². The fourth-order valence-electron chi connectivity index (χ4n) is 3.29. The lowest BCUT2D eigenvalue weighted by Gasteiger charge is -2.31. The van der Waals surface area contributed by atoms with Crippen LogP contribution >= 0.6 is 0 Å². The van der Waals surface area contributed by atoms with Gasteiger partial charge in [-0.1, -0.05) is 24.3 Å². The Morgan fingerprint density at radius 3 is 2.48 bits per heavy atom. The number of hydrogen-bond donors (Lipinski definition) is 2. The number of piperazine rings is 1. The summed E-state index contributed by atoms with van der Waals surface area (Å²) in [5.74, 6) is -0.314. The maximum absolute atomic E-state index is 13.9. The van der Waals surface area contributed by atoms with Gasteiger partial charge in [-0.3, -0.25) is 4.79 Å². The number of halogens is 1. The van der Waals surface area contributed by atoms with E-state index in [-0.39, 0.29) is 30.4 Å². The summed E-state index contributed by atoms with van der Waals surface area (Å²) in [4.78, 5) is 13.1. The summed E-state index contributed by atoms with van der Waals surface area (Å²) in [6.07, 6.45) is 0. The normalized spacial score (nSPS) is 15.8. The molecular formula is C20H25FN3O4S+. The highest BCUT2D eigenvalue weighted by Crippen LogP contribution is 2.23. The van der Waals surface area contributed by atoms with E-state index in [0.29, 0.717) is 31.1 Å². The summed E-state index contributed by atoms with van der Waals surface area (Å²) in [6, 6.07) is 12.6. The van der Waals surface area contributed by atoms with Gasteiger partial charge in [0.1, 0.15) is 16.5 Å². The van der Waals surface area contributed by atoms with Gasteiger partial charge < -0.3 is 15.0 Å². The van der Waals surface area contributed by atoms with Crippen LogP contribution in [-0.4, -0.2) is 58.0 Å². The van der Waals surface area contributed by atoms with Crippen LogP contribution in [0.1, 0.15) is 6.92 Å². The number of nitrogens with zero attached hydrogens (tertiary/aromatic N) is 1. The maximum atomic E-state index is 13.9. The van der Waals surface area contributed by atoms with Crippen molar-refractivity contribution in [1.82, 2.24) is 4.31 Å². The minimum absolute atomic E-state index is 0.169. The topological polar surface area (TPSA) is 80.2 Å². The highest BCUT2D eigenvalue weighted by atomic mass is 32.2. The van der Waals surface area contributed by atoms with Crippen molar-refractivity contribution in [2.24, 2.45) is 0 Å². The highest BCUT2D eigenvalue weighted by Gasteiger charge is 2.32. The van der Waals surface area contributed by atoms with Crippen LogP contribution in [0, 0.1) is 5.82 Å². The van der Waals surface area contributed by atoms with Gasteiger partial charge in [0, 0.05) is 0 Å². The van der Waals surface area contributed by atoms with Crippen LogP contribution in [0.5, 0.6) is 5.75 Å². The Morgan fingerprint density at radius 1 is 1.14 bits per heavy atom. The molecule has 1 heterocycles. The number of benzene rings is 2. The van der Waals surface area contributed by atoms with Gasteiger partial charge in [-0.2, -0.15) is 4.31 Å². The van der Waals surface area contributed by atoms with Crippen LogP contribution in [0.2, 0.25) is 0 Å². The Hall–Kier alpha value is -2.49. The van der Waals surface area contributed by atoms with Gasteiger partial charge >= 0.3 is 0 Å². The van der Waals surface area contributed by atoms with Crippen LogP contribution < -0.4 is 15.0 Å². The minimum atomic E-state index is -3.88. The summed E-state index contributed by atoms with van der Waals surface area (Å²) in [6.45, 7) is 3.98. The number of rotatable bonds is 7. The molecule has 0 atom stereocenters. The molecule has 2 aromatic carbocycles. The first-order valence-corrected chi connectivity index (χ1v) is 11.0. The Bertz CT molecular complexity index is 960. The van der Waals surface area contributed by atoms with Crippen molar-refractivity contribution >= 4 is 21.6 Å². The Balaban J connectivity index is 1.56. The molecule has 1 saturated heterocycles. The molecule has 0 saturated carbocycles. The molecule has 1 fully saturated rings. The number of carbonyl (C=O) groups excluding carboxylic acids is 1. The molecule has 7 nitrogen and oxygen atoms in total. The number of anilines is 1. The second-order valence-corrected chi connectivity index (χ2v) is 8.64. The van der Waals surface area contributed by atoms with Crippen LogP contribution in [-0.2, 0) is 14.8 Å². The molecule has 0 unspecified atom stereocenters. The minimum Gasteiger partial charge on any atom is -0.492 e. The molecule has 1 aliphatic rings. The molecular weight excluding hydrogens is 397 g/mol. The van der Waals surface area contributed by atoms with Crippen LogP contribution in [0.4, 0.5) is 10.1 Å². The quantitative estimate of drug-likeness (QED) is 0.690. The zero-order valence-electron chi connectivity index (χ0n) is 16.2. The van der Waals surface area contributed by atoms with E-state index >= 15 is 0 Å². The van der Waals surface area contributed by atoms with Gasteiger partial charge in [0.15, 0.2) is 6.54 Å². The van der Waals surface area contributed by atoms with Gasteiger partial charge in [0.2, 0.25) is 10.0 Å². The van der Waals surface area contributed by atoms with Gasteiger partial charge in [-0.15, -0.1) is 0 Å². The summed E-state index contributed by atoms with van der Waals surface area (Å²) < 4.78 is 46.0. The number of quaternary nitrogens is 1. The molecule has 156 valence electrons. The second kappa shape index (κ2) is 9.34. The molecule has 9 heteroatoms. The molecule has 2 aromatic rings.